The van der Waals surface area contributed by atoms with E-state index in [1.165, 1.54) is 20.3 Å². The molecule has 1 saturated heterocycles. The first-order chi connectivity index (χ1) is 18.3. The van der Waals surface area contributed by atoms with Crippen LogP contribution in [0.3, 0.4) is 0 Å². The Kier molecular flexibility index (Phi) is 8.05. The zero-order chi connectivity index (χ0) is 27.2. The molecule has 3 aromatic rings. The lowest BCUT2D eigenvalue weighted by molar-refractivity contribution is -0.145. The molecule has 0 saturated carbocycles. The van der Waals surface area contributed by atoms with Gasteiger partial charge in [0.15, 0.2) is 0 Å². The maximum Gasteiger partial charge on any atom is 0.336 e. The molecule has 0 radical (unpaired) electrons. The van der Waals surface area contributed by atoms with Crippen LogP contribution < -0.4 is 26.3 Å². The van der Waals surface area contributed by atoms with Gasteiger partial charge in [-0.25, -0.2) is 9.59 Å². The van der Waals surface area contributed by atoms with Crippen molar-refractivity contribution in [1.82, 2.24) is 16.0 Å². The maximum absolute atomic E-state index is 12.8. The standard InChI is InChI=1S/C27H27N3O8/c1-36-17-8-9-18-16(12-24(32)38-22(18)13-17)11-21(27(35)37-2)28-23(31)14-20-26(34)29-19(25(33)30-20)10-15-6-4-3-5-7-15/h3-9,12-13,19-21H,10-11,14H2,1-2H3,(H,28,31)(H,29,34)(H,30,33)/t19-,20-,21-/m0/s1. The summed E-state index contributed by atoms with van der Waals surface area (Å²) < 4.78 is 15.2. The molecular weight excluding hydrogens is 494 g/mol. The van der Waals surface area contributed by atoms with Gasteiger partial charge in [-0.2, -0.15) is 0 Å². The van der Waals surface area contributed by atoms with Crippen LogP contribution in [0.25, 0.3) is 11.0 Å². The second kappa shape index (κ2) is 11.6. The zero-order valence-corrected chi connectivity index (χ0v) is 20.8. The van der Waals surface area contributed by atoms with Crippen molar-refractivity contribution in [3.63, 3.8) is 0 Å². The van der Waals surface area contributed by atoms with E-state index in [-0.39, 0.29) is 12.0 Å². The molecule has 3 N–H and O–H groups in total. The predicted octanol–water partition coefficient (Wildman–Crippen LogP) is 0.618. The number of hydrogen-bond acceptors (Lipinski definition) is 8. The number of ether oxygens (including phenoxy) is 2. The summed E-state index contributed by atoms with van der Waals surface area (Å²) in [5, 5.41) is 8.34. The van der Waals surface area contributed by atoms with Crippen LogP contribution in [-0.4, -0.2) is 56.0 Å². The fourth-order valence-corrected chi connectivity index (χ4v) is 4.31. The van der Waals surface area contributed by atoms with Crippen LogP contribution in [0.5, 0.6) is 5.75 Å². The third kappa shape index (κ3) is 6.17. The van der Waals surface area contributed by atoms with E-state index in [9.17, 15) is 24.0 Å². The summed E-state index contributed by atoms with van der Waals surface area (Å²) in [6.45, 7) is 0. The normalized spacial score (nSPS) is 17.7. The number of piperazine rings is 1. The summed E-state index contributed by atoms with van der Waals surface area (Å²) in [6, 6.07) is 12.3. The molecule has 11 heteroatoms. The van der Waals surface area contributed by atoms with Gasteiger partial charge >= 0.3 is 11.6 Å². The van der Waals surface area contributed by atoms with Crippen LogP contribution >= 0.6 is 0 Å². The Morgan fingerprint density at radius 1 is 0.974 bits per heavy atom. The second-order valence-corrected chi connectivity index (χ2v) is 8.82. The smallest absolute Gasteiger partial charge is 0.336 e. The Balaban J connectivity index is 1.44. The van der Waals surface area contributed by atoms with Gasteiger partial charge in [0.1, 0.15) is 29.5 Å². The van der Waals surface area contributed by atoms with Crippen LogP contribution in [0.15, 0.2) is 63.8 Å². The Hall–Kier alpha value is -4.67. The van der Waals surface area contributed by atoms with E-state index in [1.54, 1.807) is 18.2 Å². The largest absolute Gasteiger partial charge is 0.497 e. The summed E-state index contributed by atoms with van der Waals surface area (Å²) in [5.41, 5.74) is 0.948. The fourth-order valence-electron chi connectivity index (χ4n) is 4.31. The number of benzene rings is 2. The first-order valence-corrected chi connectivity index (χ1v) is 11.9. The molecule has 0 bridgehead atoms. The van der Waals surface area contributed by atoms with E-state index in [4.69, 9.17) is 13.9 Å². The second-order valence-electron chi connectivity index (χ2n) is 8.82. The number of amides is 3. The average molecular weight is 522 g/mol. The lowest BCUT2D eigenvalue weighted by Gasteiger charge is -2.29. The third-order valence-corrected chi connectivity index (χ3v) is 6.22. The minimum Gasteiger partial charge on any atom is -0.497 e. The first-order valence-electron chi connectivity index (χ1n) is 11.9. The highest BCUT2D eigenvalue weighted by Gasteiger charge is 2.35. The quantitative estimate of drug-likeness (QED) is 0.274. The molecule has 2 aromatic carbocycles. The first kappa shape index (κ1) is 26.4. The Morgan fingerprint density at radius 3 is 2.39 bits per heavy atom. The number of carbonyl (C=O) groups is 4. The van der Waals surface area contributed by atoms with Crippen molar-refractivity contribution in [3.8, 4) is 5.75 Å². The highest BCUT2D eigenvalue weighted by atomic mass is 16.5. The van der Waals surface area contributed by atoms with Gasteiger partial charge in [0.25, 0.3) is 0 Å². The molecular formula is C27H27N3O8. The minimum atomic E-state index is -1.16. The van der Waals surface area contributed by atoms with Crippen molar-refractivity contribution in [2.75, 3.05) is 14.2 Å². The van der Waals surface area contributed by atoms with E-state index in [0.717, 1.165) is 5.56 Å². The van der Waals surface area contributed by atoms with E-state index < -0.39 is 53.9 Å². The SMILES string of the molecule is COC(=O)[C@H](Cc1cc(=O)oc2cc(OC)ccc12)NC(=O)C[C@@H]1NC(=O)[C@H](Cc2ccccc2)NC1=O. The van der Waals surface area contributed by atoms with E-state index >= 15 is 0 Å². The van der Waals surface area contributed by atoms with Crippen molar-refractivity contribution >= 4 is 34.7 Å². The molecule has 1 aromatic heterocycles. The number of methoxy groups -OCH3 is 2. The molecule has 38 heavy (non-hydrogen) atoms. The molecule has 1 aliphatic heterocycles. The van der Waals surface area contributed by atoms with Crippen molar-refractivity contribution in [2.24, 2.45) is 0 Å². The summed E-state index contributed by atoms with van der Waals surface area (Å²) in [4.78, 5) is 62.6. The van der Waals surface area contributed by atoms with Gasteiger partial charge in [-0.05, 0) is 23.3 Å². The Bertz CT molecular complexity index is 1420. The van der Waals surface area contributed by atoms with E-state index in [1.807, 2.05) is 30.3 Å². The highest BCUT2D eigenvalue weighted by molar-refractivity contribution is 5.99. The van der Waals surface area contributed by atoms with Gasteiger partial charge in [0.05, 0.1) is 20.6 Å². The summed E-state index contributed by atoms with van der Waals surface area (Å²) >= 11 is 0. The Morgan fingerprint density at radius 2 is 1.68 bits per heavy atom. The van der Waals surface area contributed by atoms with Gasteiger partial charge in [0.2, 0.25) is 17.7 Å². The van der Waals surface area contributed by atoms with Crippen LogP contribution in [0.4, 0.5) is 0 Å². The molecule has 0 aliphatic carbocycles. The summed E-state index contributed by atoms with van der Waals surface area (Å²) in [7, 11) is 2.65. The molecule has 198 valence electrons. The molecule has 3 amide bonds. The lowest BCUT2D eigenvalue weighted by Crippen LogP contribution is -2.63. The molecule has 2 heterocycles. The van der Waals surface area contributed by atoms with Crippen molar-refractivity contribution in [2.45, 2.75) is 37.4 Å². The number of carbonyl (C=O) groups excluding carboxylic acids is 4. The number of hydrogen-bond donors (Lipinski definition) is 3. The summed E-state index contributed by atoms with van der Waals surface area (Å²) in [6.07, 6.45) is -0.153. The average Bonchev–Trinajstić information content (AvgIpc) is 2.90. The lowest BCUT2D eigenvalue weighted by atomic mass is 10.00. The maximum atomic E-state index is 12.8. The third-order valence-electron chi connectivity index (χ3n) is 6.22. The minimum absolute atomic E-state index is 0.0742. The topological polar surface area (TPSA) is 153 Å². The fraction of sp³-hybridized carbons (Fsp3) is 0.296. The van der Waals surface area contributed by atoms with Gasteiger partial charge in [-0.3, -0.25) is 14.4 Å². The van der Waals surface area contributed by atoms with Crippen molar-refractivity contribution in [1.29, 1.82) is 0 Å². The molecule has 11 nitrogen and oxygen atoms in total. The highest BCUT2D eigenvalue weighted by Crippen LogP contribution is 2.23. The molecule has 1 fully saturated rings. The monoisotopic (exact) mass is 521 g/mol. The van der Waals surface area contributed by atoms with E-state index in [2.05, 4.69) is 16.0 Å². The van der Waals surface area contributed by atoms with Gasteiger partial charge in [0, 0.05) is 30.4 Å². The predicted molar refractivity (Wildman–Crippen MR) is 135 cm³/mol. The number of rotatable bonds is 9. The number of nitrogens with one attached hydrogen (secondary N) is 3. The van der Waals surface area contributed by atoms with Gasteiger partial charge in [-0.15, -0.1) is 0 Å². The summed E-state index contributed by atoms with van der Waals surface area (Å²) in [5.74, 6) is -1.83. The number of esters is 1. The van der Waals surface area contributed by atoms with Gasteiger partial charge in [-0.1, -0.05) is 30.3 Å². The Labute approximate surface area is 217 Å². The number of fused-ring (bicyclic) bond motifs is 1. The van der Waals surface area contributed by atoms with Crippen LogP contribution in [-0.2, 0) is 36.8 Å². The molecule has 1 aliphatic rings. The van der Waals surface area contributed by atoms with Crippen LogP contribution in [0, 0.1) is 0 Å². The molecule has 3 atom stereocenters. The molecule has 0 unspecified atom stereocenters. The van der Waals surface area contributed by atoms with Crippen LogP contribution in [0.1, 0.15) is 17.5 Å². The molecule has 4 rings (SSSR count). The van der Waals surface area contributed by atoms with Crippen molar-refractivity contribution in [3.05, 3.63) is 76.1 Å². The van der Waals surface area contributed by atoms with Crippen molar-refractivity contribution < 1.29 is 33.1 Å². The van der Waals surface area contributed by atoms with Crippen LogP contribution in [0.2, 0.25) is 0 Å². The molecule has 0 spiro atoms. The zero-order valence-electron chi connectivity index (χ0n) is 20.8. The van der Waals surface area contributed by atoms with Gasteiger partial charge < -0.3 is 29.8 Å². The van der Waals surface area contributed by atoms with E-state index in [0.29, 0.717) is 23.1 Å².